The first kappa shape index (κ1) is 18.8. The van der Waals surface area contributed by atoms with Crippen LogP contribution in [0.5, 0.6) is 0 Å². The lowest BCUT2D eigenvalue weighted by Gasteiger charge is -2.23. The molecular weight excluding hydrogens is 364 g/mol. The van der Waals surface area contributed by atoms with Crippen molar-refractivity contribution in [3.63, 3.8) is 0 Å². The molecule has 7 nitrogen and oxygen atoms in total. The summed E-state index contributed by atoms with van der Waals surface area (Å²) in [5.41, 5.74) is 1.35. The van der Waals surface area contributed by atoms with Crippen LogP contribution >= 0.6 is 11.3 Å². The van der Waals surface area contributed by atoms with Crippen molar-refractivity contribution in [3.8, 4) is 0 Å². The maximum absolute atomic E-state index is 12.5. The fraction of sp³-hybridized carbons (Fsp3) is 0.263. The number of nitrogens with one attached hydrogen (secondary N) is 1. The monoisotopic (exact) mass is 384 g/mol. The Hall–Kier alpha value is -3.00. The van der Waals surface area contributed by atoms with E-state index in [0.29, 0.717) is 12.2 Å². The molecule has 1 atom stereocenters. The van der Waals surface area contributed by atoms with Gasteiger partial charge in [-0.2, -0.15) is 0 Å². The first-order chi connectivity index (χ1) is 13.0. The van der Waals surface area contributed by atoms with Crippen molar-refractivity contribution in [1.82, 2.24) is 9.88 Å². The summed E-state index contributed by atoms with van der Waals surface area (Å²) in [5, 5.41) is 14.9. The van der Waals surface area contributed by atoms with Crippen LogP contribution in [-0.2, 0) is 4.79 Å². The predicted octanol–water partition coefficient (Wildman–Crippen LogP) is 4.23. The SMILES string of the molecule is CC(c1nc2ccccc2s1)N(C)C(=O)CCNc1ccccc1[N+](=O)[O-]. The summed E-state index contributed by atoms with van der Waals surface area (Å²) in [5.74, 6) is -0.0483. The Labute approximate surface area is 160 Å². The highest BCUT2D eigenvalue weighted by Crippen LogP contribution is 2.29. The largest absolute Gasteiger partial charge is 0.379 e. The van der Waals surface area contributed by atoms with Gasteiger partial charge in [-0.05, 0) is 25.1 Å². The predicted molar refractivity (Wildman–Crippen MR) is 107 cm³/mol. The van der Waals surface area contributed by atoms with Gasteiger partial charge >= 0.3 is 0 Å². The maximum Gasteiger partial charge on any atom is 0.292 e. The molecule has 0 bridgehead atoms. The standard InChI is InChI=1S/C19H20N4O3S/c1-13(19-21-15-8-4-6-10-17(15)27-19)22(2)18(24)11-12-20-14-7-3-5-9-16(14)23(25)26/h3-10,13,20H,11-12H2,1-2H3. The summed E-state index contributed by atoms with van der Waals surface area (Å²) in [6.07, 6.45) is 0.234. The topological polar surface area (TPSA) is 88.4 Å². The normalized spacial score (nSPS) is 11.9. The van der Waals surface area contributed by atoms with Crippen LogP contribution < -0.4 is 5.32 Å². The highest BCUT2D eigenvalue weighted by molar-refractivity contribution is 7.18. The van der Waals surface area contributed by atoms with Crippen molar-refractivity contribution in [2.75, 3.05) is 18.9 Å². The number of para-hydroxylation sites is 3. The van der Waals surface area contributed by atoms with Gasteiger partial charge in [-0.3, -0.25) is 14.9 Å². The number of nitro groups is 1. The molecule has 3 aromatic rings. The number of nitro benzene ring substituents is 1. The van der Waals surface area contributed by atoms with Crippen molar-refractivity contribution in [1.29, 1.82) is 0 Å². The lowest BCUT2D eigenvalue weighted by atomic mass is 10.2. The molecular formula is C19H20N4O3S. The van der Waals surface area contributed by atoms with Crippen molar-refractivity contribution >= 4 is 38.8 Å². The van der Waals surface area contributed by atoms with Crippen molar-refractivity contribution in [2.45, 2.75) is 19.4 Å². The third-order valence-corrected chi connectivity index (χ3v) is 5.60. The molecule has 0 saturated heterocycles. The van der Waals surface area contributed by atoms with Crippen LogP contribution in [0.15, 0.2) is 48.5 Å². The minimum absolute atomic E-state index is 0.00106. The summed E-state index contributed by atoms with van der Waals surface area (Å²) in [7, 11) is 1.75. The highest BCUT2D eigenvalue weighted by atomic mass is 32.1. The Morgan fingerprint density at radius 1 is 1.26 bits per heavy atom. The van der Waals surface area contributed by atoms with E-state index >= 15 is 0 Å². The third-order valence-electron chi connectivity index (χ3n) is 4.40. The molecule has 1 unspecified atom stereocenters. The van der Waals surface area contributed by atoms with E-state index in [4.69, 9.17) is 0 Å². The molecule has 0 spiro atoms. The number of hydrogen-bond donors (Lipinski definition) is 1. The van der Waals surface area contributed by atoms with Crippen molar-refractivity contribution < 1.29 is 9.72 Å². The molecule has 27 heavy (non-hydrogen) atoms. The van der Waals surface area contributed by atoms with Gasteiger partial charge in [0.15, 0.2) is 0 Å². The van der Waals surface area contributed by atoms with Crippen molar-refractivity contribution in [3.05, 3.63) is 63.7 Å². The Balaban J connectivity index is 1.60. The number of carbonyl (C=O) groups is 1. The molecule has 0 aliphatic heterocycles. The zero-order chi connectivity index (χ0) is 19.4. The number of rotatable bonds is 7. The Morgan fingerprint density at radius 2 is 1.96 bits per heavy atom. The second kappa shape index (κ2) is 8.13. The first-order valence-corrected chi connectivity index (χ1v) is 9.37. The summed E-state index contributed by atoms with van der Waals surface area (Å²) in [4.78, 5) is 29.4. The lowest BCUT2D eigenvalue weighted by Crippen LogP contribution is -2.30. The molecule has 1 N–H and O–H groups in total. The smallest absolute Gasteiger partial charge is 0.292 e. The van der Waals surface area contributed by atoms with E-state index in [1.807, 2.05) is 31.2 Å². The molecule has 0 fully saturated rings. The number of benzene rings is 2. The molecule has 3 rings (SSSR count). The summed E-state index contributed by atoms with van der Waals surface area (Å²) < 4.78 is 1.10. The summed E-state index contributed by atoms with van der Waals surface area (Å²) in [6.45, 7) is 2.27. The highest BCUT2D eigenvalue weighted by Gasteiger charge is 2.20. The van der Waals surface area contributed by atoms with E-state index in [1.165, 1.54) is 6.07 Å². The number of anilines is 1. The molecule has 0 aliphatic rings. The molecule has 140 valence electrons. The van der Waals surface area contributed by atoms with Gasteiger partial charge < -0.3 is 10.2 Å². The van der Waals surface area contributed by atoms with Gasteiger partial charge in [-0.25, -0.2) is 4.98 Å². The van der Waals surface area contributed by atoms with Gasteiger partial charge in [-0.1, -0.05) is 24.3 Å². The lowest BCUT2D eigenvalue weighted by molar-refractivity contribution is -0.384. The van der Waals surface area contributed by atoms with E-state index < -0.39 is 4.92 Å². The average Bonchev–Trinajstić information content (AvgIpc) is 3.11. The van der Waals surface area contributed by atoms with Gasteiger partial charge in [0.05, 0.1) is 21.2 Å². The number of nitrogens with zero attached hydrogens (tertiary/aromatic N) is 3. The minimum Gasteiger partial charge on any atom is -0.379 e. The average molecular weight is 384 g/mol. The van der Waals surface area contributed by atoms with Gasteiger partial charge in [0, 0.05) is 26.1 Å². The summed E-state index contributed by atoms with van der Waals surface area (Å²) in [6, 6.07) is 14.2. The van der Waals surface area contributed by atoms with Gasteiger partial charge in [0.1, 0.15) is 10.7 Å². The van der Waals surface area contributed by atoms with Crippen LogP contribution in [0.3, 0.4) is 0 Å². The van der Waals surface area contributed by atoms with Crippen LogP contribution in [0.2, 0.25) is 0 Å². The molecule has 0 aliphatic carbocycles. The summed E-state index contributed by atoms with van der Waals surface area (Å²) >= 11 is 1.58. The van der Waals surface area contributed by atoms with Crippen molar-refractivity contribution in [2.24, 2.45) is 0 Å². The van der Waals surface area contributed by atoms with Gasteiger partial charge in [0.25, 0.3) is 5.69 Å². The zero-order valence-electron chi connectivity index (χ0n) is 15.1. The molecule has 8 heteroatoms. The van der Waals surface area contributed by atoms with Crippen LogP contribution in [-0.4, -0.2) is 34.3 Å². The van der Waals surface area contributed by atoms with E-state index in [1.54, 1.807) is 41.5 Å². The van der Waals surface area contributed by atoms with Gasteiger partial charge in [0.2, 0.25) is 5.91 Å². The Bertz CT molecular complexity index is 939. The second-order valence-corrected chi connectivity index (χ2v) is 7.21. The second-order valence-electron chi connectivity index (χ2n) is 6.15. The molecule has 2 aromatic carbocycles. The Kier molecular flexibility index (Phi) is 5.66. The van der Waals surface area contributed by atoms with Crippen LogP contribution in [0.25, 0.3) is 10.2 Å². The fourth-order valence-corrected chi connectivity index (χ4v) is 3.78. The van der Waals surface area contributed by atoms with Crippen LogP contribution in [0, 0.1) is 10.1 Å². The zero-order valence-corrected chi connectivity index (χ0v) is 15.9. The van der Waals surface area contributed by atoms with Gasteiger partial charge in [-0.15, -0.1) is 11.3 Å². The minimum atomic E-state index is -0.439. The number of fused-ring (bicyclic) bond motifs is 1. The first-order valence-electron chi connectivity index (χ1n) is 8.56. The quantitative estimate of drug-likeness (QED) is 0.486. The number of carbonyl (C=O) groups excluding carboxylic acids is 1. The van der Waals surface area contributed by atoms with E-state index in [9.17, 15) is 14.9 Å². The van der Waals surface area contributed by atoms with E-state index in [0.717, 1.165) is 15.2 Å². The molecule has 0 radical (unpaired) electrons. The number of thiazole rings is 1. The molecule has 1 amide bonds. The van der Waals surface area contributed by atoms with E-state index in [2.05, 4.69) is 10.3 Å². The Morgan fingerprint density at radius 3 is 2.70 bits per heavy atom. The fourth-order valence-electron chi connectivity index (χ4n) is 2.71. The molecule has 1 aromatic heterocycles. The van der Waals surface area contributed by atoms with E-state index in [-0.39, 0.29) is 24.1 Å². The maximum atomic E-state index is 12.5. The number of hydrogen-bond acceptors (Lipinski definition) is 6. The van der Waals surface area contributed by atoms with Crippen LogP contribution in [0.4, 0.5) is 11.4 Å². The number of amides is 1. The van der Waals surface area contributed by atoms with Crippen LogP contribution in [0.1, 0.15) is 24.4 Å². The molecule has 1 heterocycles. The third kappa shape index (κ3) is 4.22. The number of aromatic nitrogens is 1. The molecule has 0 saturated carbocycles.